The van der Waals surface area contributed by atoms with Gasteiger partial charge >= 0.3 is 0 Å². The van der Waals surface area contributed by atoms with Crippen molar-refractivity contribution in [1.29, 1.82) is 0 Å². The first-order valence-corrected chi connectivity index (χ1v) is 7.86. The molecule has 0 amide bonds. The molecule has 0 aliphatic rings. The van der Waals surface area contributed by atoms with Gasteiger partial charge in [0.25, 0.3) is 10.0 Å². The topological polar surface area (TPSA) is 57.6 Å². The van der Waals surface area contributed by atoms with Gasteiger partial charge in [-0.1, -0.05) is 18.2 Å². The minimum Gasteiger partial charge on any atom is -0.392 e. The predicted molar refractivity (Wildman–Crippen MR) is 79.1 cm³/mol. The van der Waals surface area contributed by atoms with E-state index in [1.807, 2.05) is 0 Å². The summed E-state index contributed by atoms with van der Waals surface area (Å²) < 4.78 is 39.4. The summed E-state index contributed by atoms with van der Waals surface area (Å²) in [6.45, 7) is 1.43. The summed E-state index contributed by atoms with van der Waals surface area (Å²) in [6, 6.07) is 13.1. The minimum atomic E-state index is -3.86. The maximum Gasteiger partial charge on any atom is 0.264 e. The summed E-state index contributed by atoms with van der Waals surface area (Å²) in [6.07, 6.45) is -0.833. The zero-order chi connectivity index (χ0) is 15.5. The van der Waals surface area contributed by atoms with Crippen molar-refractivity contribution in [1.82, 2.24) is 0 Å². The van der Waals surface area contributed by atoms with Crippen LogP contribution >= 0.6 is 0 Å². The molecule has 2 rings (SSSR count). The Bertz CT molecular complexity index is 685. The lowest BCUT2D eigenvalue weighted by Crippen LogP contribution is -2.36. The third kappa shape index (κ3) is 3.59. The van der Waals surface area contributed by atoms with Crippen molar-refractivity contribution in [2.45, 2.75) is 17.9 Å². The van der Waals surface area contributed by atoms with Crippen LogP contribution in [0.5, 0.6) is 0 Å². The van der Waals surface area contributed by atoms with Gasteiger partial charge in [-0.05, 0) is 43.3 Å². The van der Waals surface area contributed by atoms with Gasteiger partial charge in [-0.25, -0.2) is 12.8 Å². The lowest BCUT2D eigenvalue weighted by molar-refractivity contribution is 0.204. The molecular formula is C15H16FNO3S. The fraction of sp³-hybridized carbons (Fsp3) is 0.200. The molecule has 1 atom stereocenters. The number of para-hydroxylation sites is 1. The van der Waals surface area contributed by atoms with Crippen molar-refractivity contribution >= 4 is 15.7 Å². The van der Waals surface area contributed by atoms with Crippen LogP contribution in [0.15, 0.2) is 59.5 Å². The summed E-state index contributed by atoms with van der Waals surface area (Å²) in [5.41, 5.74) is 0.447. The Kier molecular flexibility index (Phi) is 4.59. The Morgan fingerprint density at radius 3 is 2.19 bits per heavy atom. The number of aliphatic hydroxyl groups is 1. The minimum absolute atomic E-state index is 0.0200. The average Bonchev–Trinajstić information content (AvgIpc) is 2.46. The number of benzene rings is 2. The summed E-state index contributed by atoms with van der Waals surface area (Å²) in [5.74, 6) is -0.504. The van der Waals surface area contributed by atoms with Gasteiger partial charge in [-0.15, -0.1) is 0 Å². The Morgan fingerprint density at radius 2 is 1.67 bits per heavy atom. The molecule has 0 aromatic heterocycles. The second-order valence-electron chi connectivity index (χ2n) is 4.67. The molecule has 6 heteroatoms. The number of halogens is 1. The highest BCUT2D eigenvalue weighted by atomic mass is 32.2. The van der Waals surface area contributed by atoms with Crippen molar-refractivity contribution in [2.24, 2.45) is 0 Å². The van der Waals surface area contributed by atoms with Crippen LogP contribution < -0.4 is 4.31 Å². The van der Waals surface area contributed by atoms with Crippen LogP contribution in [0.3, 0.4) is 0 Å². The monoisotopic (exact) mass is 309 g/mol. The van der Waals surface area contributed by atoms with E-state index in [4.69, 9.17) is 0 Å². The number of hydrogen-bond donors (Lipinski definition) is 1. The molecule has 1 N–H and O–H groups in total. The molecule has 112 valence electrons. The summed E-state index contributed by atoms with van der Waals surface area (Å²) in [7, 11) is -3.86. The van der Waals surface area contributed by atoms with Crippen molar-refractivity contribution < 1.29 is 17.9 Å². The van der Waals surface area contributed by atoms with E-state index >= 15 is 0 Å². The van der Waals surface area contributed by atoms with Crippen LogP contribution in [-0.2, 0) is 10.0 Å². The van der Waals surface area contributed by atoms with E-state index in [2.05, 4.69) is 0 Å². The van der Waals surface area contributed by atoms with Crippen LogP contribution in [0, 0.1) is 5.82 Å². The predicted octanol–water partition coefficient (Wildman–Crippen LogP) is 2.40. The third-order valence-electron chi connectivity index (χ3n) is 2.88. The second kappa shape index (κ2) is 6.24. The van der Waals surface area contributed by atoms with Crippen LogP contribution in [-0.4, -0.2) is 26.2 Å². The Balaban J connectivity index is 2.47. The van der Waals surface area contributed by atoms with Crippen molar-refractivity contribution in [2.75, 3.05) is 10.8 Å². The zero-order valence-corrected chi connectivity index (χ0v) is 12.3. The molecule has 0 heterocycles. The largest absolute Gasteiger partial charge is 0.392 e. The molecule has 0 saturated heterocycles. The maximum absolute atomic E-state index is 13.0. The van der Waals surface area contributed by atoms with Crippen LogP contribution in [0.1, 0.15) is 6.92 Å². The first-order valence-electron chi connectivity index (χ1n) is 6.42. The number of sulfonamides is 1. The van der Waals surface area contributed by atoms with Gasteiger partial charge in [0.15, 0.2) is 0 Å². The third-order valence-corrected chi connectivity index (χ3v) is 4.68. The van der Waals surface area contributed by atoms with Gasteiger partial charge in [0.1, 0.15) is 5.82 Å². The van der Waals surface area contributed by atoms with E-state index in [1.165, 1.54) is 19.1 Å². The van der Waals surface area contributed by atoms with Gasteiger partial charge in [-0.2, -0.15) is 0 Å². The Morgan fingerprint density at radius 1 is 1.10 bits per heavy atom. The number of rotatable bonds is 5. The summed E-state index contributed by atoms with van der Waals surface area (Å²) >= 11 is 0. The number of aliphatic hydroxyl groups excluding tert-OH is 1. The smallest absolute Gasteiger partial charge is 0.264 e. The normalized spacial score (nSPS) is 12.9. The molecule has 0 aliphatic heterocycles. The standard InChI is InChI=1S/C15H16FNO3S/c1-12(18)11-17(14-5-3-2-4-6-14)21(19,20)15-9-7-13(16)8-10-15/h2-10,12,18H,11H2,1H3/t12-/m0/s1. The zero-order valence-electron chi connectivity index (χ0n) is 11.5. The molecule has 0 saturated carbocycles. The molecule has 4 nitrogen and oxygen atoms in total. The van der Waals surface area contributed by atoms with E-state index in [9.17, 15) is 17.9 Å². The first-order chi connectivity index (χ1) is 9.91. The Hall–Kier alpha value is -1.92. The summed E-state index contributed by atoms with van der Waals surface area (Å²) in [5, 5.41) is 9.57. The molecule has 0 fully saturated rings. The number of nitrogens with zero attached hydrogens (tertiary/aromatic N) is 1. The highest BCUT2D eigenvalue weighted by Crippen LogP contribution is 2.23. The van der Waals surface area contributed by atoms with Crippen LogP contribution in [0.25, 0.3) is 0 Å². The molecule has 0 bridgehead atoms. The highest BCUT2D eigenvalue weighted by Gasteiger charge is 2.25. The average molecular weight is 309 g/mol. The van der Waals surface area contributed by atoms with Gasteiger partial charge in [0, 0.05) is 0 Å². The van der Waals surface area contributed by atoms with E-state index in [0.717, 1.165) is 16.4 Å². The van der Waals surface area contributed by atoms with Crippen molar-refractivity contribution in [3.8, 4) is 0 Å². The molecule has 0 aliphatic carbocycles. The van der Waals surface area contributed by atoms with Gasteiger partial charge in [0.2, 0.25) is 0 Å². The molecular weight excluding hydrogens is 293 g/mol. The van der Waals surface area contributed by atoms with E-state index in [1.54, 1.807) is 30.3 Å². The molecule has 0 spiro atoms. The fourth-order valence-corrected chi connectivity index (χ4v) is 3.46. The summed E-state index contributed by atoms with van der Waals surface area (Å²) in [4.78, 5) is -0.0200. The molecule has 2 aromatic carbocycles. The van der Waals surface area contributed by atoms with Gasteiger partial charge in [-0.3, -0.25) is 4.31 Å². The van der Waals surface area contributed by atoms with E-state index in [-0.39, 0.29) is 11.4 Å². The molecule has 0 radical (unpaired) electrons. The van der Waals surface area contributed by atoms with Crippen LogP contribution in [0.2, 0.25) is 0 Å². The Labute approximate surface area is 123 Å². The lowest BCUT2D eigenvalue weighted by atomic mass is 10.3. The van der Waals surface area contributed by atoms with Gasteiger partial charge in [0.05, 0.1) is 23.2 Å². The van der Waals surface area contributed by atoms with Crippen LogP contribution in [0.4, 0.5) is 10.1 Å². The SMILES string of the molecule is C[C@H](O)CN(c1ccccc1)S(=O)(=O)c1ccc(F)cc1. The van der Waals surface area contributed by atoms with Crippen molar-refractivity contribution in [3.63, 3.8) is 0 Å². The lowest BCUT2D eigenvalue weighted by Gasteiger charge is -2.25. The number of anilines is 1. The quantitative estimate of drug-likeness (QED) is 0.922. The first kappa shape index (κ1) is 15.5. The van der Waals surface area contributed by atoms with Crippen molar-refractivity contribution in [3.05, 3.63) is 60.4 Å². The number of hydrogen-bond acceptors (Lipinski definition) is 3. The maximum atomic E-state index is 13.0. The fourth-order valence-electron chi connectivity index (χ4n) is 1.91. The van der Waals surface area contributed by atoms with E-state index in [0.29, 0.717) is 5.69 Å². The second-order valence-corrected chi connectivity index (χ2v) is 6.54. The molecule has 2 aromatic rings. The highest BCUT2D eigenvalue weighted by molar-refractivity contribution is 7.92. The van der Waals surface area contributed by atoms with Gasteiger partial charge < -0.3 is 5.11 Å². The molecule has 0 unspecified atom stereocenters. The molecule has 21 heavy (non-hydrogen) atoms. The van der Waals surface area contributed by atoms with E-state index < -0.39 is 21.9 Å².